The van der Waals surface area contributed by atoms with E-state index in [4.69, 9.17) is 37.0 Å². The molecule has 0 amide bonds. The van der Waals surface area contributed by atoms with Crippen molar-refractivity contribution in [2.24, 2.45) is 11.8 Å². The lowest BCUT2D eigenvalue weighted by molar-refractivity contribution is -0.161. The quantitative estimate of drug-likeness (QED) is 0.0222. The monoisotopic (exact) mass is 1370 g/mol. The summed E-state index contributed by atoms with van der Waals surface area (Å²) < 4.78 is 68.4. The Labute approximate surface area is 568 Å². The fraction of sp³-hybridized carbons (Fsp3) is 0.946. The SMILES string of the molecule is CCCCCCCCCCCCCCCCC(=O)OC[C@H](COP(=O)(O)OC[C@@H](O)COP(=O)(O)OC[C@@H](COC(=O)CCCCCCCCCC(C)C)OC(=O)CCCCCCCCCCCCC)OC(=O)CCCCCCCCCCCCCCCCC(C)CC. The van der Waals surface area contributed by atoms with Gasteiger partial charge in [-0.3, -0.25) is 37.3 Å². The summed E-state index contributed by atoms with van der Waals surface area (Å²) >= 11 is 0. The van der Waals surface area contributed by atoms with Gasteiger partial charge in [0, 0.05) is 25.7 Å². The third kappa shape index (κ3) is 67.0. The molecule has 0 radical (unpaired) electrons. The number of hydrogen-bond donors (Lipinski definition) is 3. The van der Waals surface area contributed by atoms with E-state index in [0.29, 0.717) is 31.6 Å². The van der Waals surface area contributed by atoms with Crippen molar-refractivity contribution < 1.29 is 80.2 Å². The topological polar surface area (TPSA) is 237 Å². The average Bonchev–Trinajstić information content (AvgIpc) is 3.27. The van der Waals surface area contributed by atoms with Crippen LogP contribution in [0.3, 0.4) is 0 Å². The number of unbranched alkanes of at least 4 members (excludes halogenated alkanes) is 42. The maximum Gasteiger partial charge on any atom is 0.472 e. The van der Waals surface area contributed by atoms with Gasteiger partial charge >= 0.3 is 39.5 Å². The van der Waals surface area contributed by atoms with Crippen LogP contribution >= 0.6 is 15.6 Å². The molecule has 0 rings (SSSR count). The van der Waals surface area contributed by atoms with Crippen LogP contribution in [-0.4, -0.2) is 96.7 Å². The molecule has 0 aromatic rings. The Bertz CT molecular complexity index is 1810. The molecule has 0 fully saturated rings. The second-order valence-corrected chi connectivity index (χ2v) is 30.3. The van der Waals surface area contributed by atoms with Gasteiger partial charge in [-0.05, 0) is 37.5 Å². The molecule has 3 unspecified atom stereocenters. The highest BCUT2D eigenvalue weighted by Crippen LogP contribution is 2.45. The maximum atomic E-state index is 13.1. The first-order valence-electron chi connectivity index (χ1n) is 38.5. The van der Waals surface area contributed by atoms with E-state index in [1.54, 1.807) is 0 Å². The molecule has 19 heteroatoms. The van der Waals surface area contributed by atoms with Crippen LogP contribution < -0.4 is 0 Å². The molecule has 6 atom stereocenters. The van der Waals surface area contributed by atoms with Crippen molar-refractivity contribution >= 4 is 39.5 Å². The summed E-state index contributed by atoms with van der Waals surface area (Å²) in [6, 6.07) is 0. The molecule has 0 aromatic heterocycles. The number of rotatable bonds is 73. The minimum Gasteiger partial charge on any atom is -0.462 e. The number of aliphatic hydroxyl groups excluding tert-OH is 1. The zero-order valence-electron chi connectivity index (χ0n) is 60.6. The van der Waals surface area contributed by atoms with Crippen LogP contribution in [0.2, 0.25) is 0 Å². The number of aliphatic hydroxyl groups is 1. The Kier molecular flexibility index (Phi) is 64.6. The first-order chi connectivity index (χ1) is 44.9. The summed E-state index contributed by atoms with van der Waals surface area (Å²) in [7, 11) is -9.91. The molecule has 0 saturated carbocycles. The van der Waals surface area contributed by atoms with Crippen LogP contribution in [0.4, 0.5) is 0 Å². The van der Waals surface area contributed by atoms with Crippen LogP contribution in [0.15, 0.2) is 0 Å². The largest absolute Gasteiger partial charge is 0.472 e. The Morgan fingerprint density at radius 2 is 0.548 bits per heavy atom. The standard InChI is InChI=1S/C74H144O17P2/c1-7-10-12-14-16-18-20-21-25-29-32-38-44-50-56-71(76)84-62-69(90-74(79)59-53-47-40-34-30-26-23-22-24-28-31-37-43-49-55-67(6)9-3)64-88-92(80,81)86-60-68(75)61-87-93(82,83)89-65-70(63-85-72(77)57-51-45-41-35-36-42-48-54-66(4)5)91-73(78)58-52-46-39-33-27-19-17-15-13-11-8-2/h66-70,75H,7-65H2,1-6H3,(H,80,81)(H,82,83)/t67?,68-,69-,70-/m1/s1. The molecule has 93 heavy (non-hydrogen) atoms. The van der Waals surface area contributed by atoms with Crippen LogP contribution in [0.5, 0.6) is 0 Å². The van der Waals surface area contributed by atoms with E-state index >= 15 is 0 Å². The second kappa shape index (κ2) is 66.0. The van der Waals surface area contributed by atoms with Gasteiger partial charge in [0.1, 0.15) is 19.3 Å². The normalized spacial score (nSPS) is 14.3. The smallest absolute Gasteiger partial charge is 0.462 e. The molecule has 0 bridgehead atoms. The molecular weight excluding hydrogens is 1220 g/mol. The number of ether oxygens (including phenoxy) is 4. The van der Waals surface area contributed by atoms with Crippen LogP contribution in [-0.2, 0) is 65.4 Å². The molecule has 0 spiro atoms. The number of carbonyl (C=O) groups is 4. The van der Waals surface area contributed by atoms with Gasteiger partial charge in [-0.1, -0.05) is 330 Å². The van der Waals surface area contributed by atoms with Crippen LogP contribution in [0, 0.1) is 11.8 Å². The molecule has 0 saturated heterocycles. The maximum absolute atomic E-state index is 13.1. The zero-order valence-corrected chi connectivity index (χ0v) is 62.3. The van der Waals surface area contributed by atoms with Gasteiger partial charge in [0.2, 0.25) is 0 Å². The average molecular weight is 1370 g/mol. The second-order valence-electron chi connectivity index (χ2n) is 27.4. The molecule has 0 aromatic carbocycles. The summed E-state index contributed by atoms with van der Waals surface area (Å²) in [5.41, 5.74) is 0. The van der Waals surface area contributed by atoms with Crippen molar-refractivity contribution in [3.8, 4) is 0 Å². The van der Waals surface area contributed by atoms with Crippen LogP contribution in [0.25, 0.3) is 0 Å². The van der Waals surface area contributed by atoms with Gasteiger partial charge < -0.3 is 33.8 Å². The van der Waals surface area contributed by atoms with E-state index < -0.39 is 97.5 Å². The van der Waals surface area contributed by atoms with Gasteiger partial charge in [0.05, 0.1) is 26.4 Å². The minimum absolute atomic E-state index is 0.106. The number of esters is 4. The summed E-state index contributed by atoms with van der Waals surface area (Å²) in [5, 5.41) is 10.6. The fourth-order valence-corrected chi connectivity index (χ4v) is 12.8. The van der Waals surface area contributed by atoms with E-state index in [-0.39, 0.29) is 25.7 Å². The fourth-order valence-electron chi connectivity index (χ4n) is 11.3. The predicted molar refractivity (Wildman–Crippen MR) is 377 cm³/mol. The molecular formula is C74H144O17P2. The molecule has 0 aliphatic heterocycles. The lowest BCUT2D eigenvalue weighted by atomic mass is 9.99. The van der Waals surface area contributed by atoms with Crippen molar-refractivity contribution in [3.05, 3.63) is 0 Å². The van der Waals surface area contributed by atoms with Crippen molar-refractivity contribution in [2.75, 3.05) is 39.6 Å². The Hall–Kier alpha value is -1.94. The highest BCUT2D eigenvalue weighted by atomic mass is 31.2. The van der Waals surface area contributed by atoms with Gasteiger partial charge in [-0.15, -0.1) is 0 Å². The third-order valence-electron chi connectivity index (χ3n) is 17.6. The number of carbonyl (C=O) groups excluding carboxylic acids is 4. The Balaban J connectivity index is 5.23. The minimum atomic E-state index is -4.96. The molecule has 552 valence electrons. The summed E-state index contributed by atoms with van der Waals surface area (Å²) in [6.07, 6.45) is 52.6. The third-order valence-corrected chi connectivity index (χ3v) is 19.5. The molecule has 0 aliphatic rings. The summed E-state index contributed by atoms with van der Waals surface area (Å²) in [6.45, 7) is 9.58. The lowest BCUT2D eigenvalue weighted by Crippen LogP contribution is -2.30. The van der Waals surface area contributed by atoms with Gasteiger partial charge in [-0.2, -0.15) is 0 Å². The van der Waals surface area contributed by atoms with Crippen molar-refractivity contribution in [2.45, 2.75) is 400 Å². The molecule has 0 heterocycles. The lowest BCUT2D eigenvalue weighted by Gasteiger charge is -2.21. The van der Waals surface area contributed by atoms with E-state index in [1.165, 1.54) is 193 Å². The molecule has 17 nitrogen and oxygen atoms in total. The Morgan fingerprint density at radius 3 is 0.817 bits per heavy atom. The first kappa shape index (κ1) is 91.1. The van der Waals surface area contributed by atoms with Crippen LogP contribution in [0.1, 0.15) is 382 Å². The molecule has 0 aliphatic carbocycles. The highest BCUT2D eigenvalue weighted by molar-refractivity contribution is 7.47. The number of phosphoric ester groups is 2. The van der Waals surface area contributed by atoms with E-state index in [1.807, 2.05) is 0 Å². The van der Waals surface area contributed by atoms with Gasteiger partial charge in [0.25, 0.3) is 0 Å². The van der Waals surface area contributed by atoms with Crippen molar-refractivity contribution in [3.63, 3.8) is 0 Å². The van der Waals surface area contributed by atoms with Gasteiger partial charge in [0.15, 0.2) is 12.2 Å². The van der Waals surface area contributed by atoms with E-state index in [0.717, 1.165) is 102 Å². The van der Waals surface area contributed by atoms with Crippen molar-refractivity contribution in [1.82, 2.24) is 0 Å². The van der Waals surface area contributed by atoms with Gasteiger partial charge in [-0.25, -0.2) is 9.13 Å². The number of phosphoric acid groups is 2. The van der Waals surface area contributed by atoms with E-state index in [2.05, 4.69) is 41.5 Å². The Morgan fingerprint density at radius 1 is 0.312 bits per heavy atom. The van der Waals surface area contributed by atoms with Crippen molar-refractivity contribution in [1.29, 1.82) is 0 Å². The first-order valence-corrected chi connectivity index (χ1v) is 41.5. The predicted octanol–water partition coefficient (Wildman–Crippen LogP) is 21.6. The van der Waals surface area contributed by atoms with E-state index in [9.17, 15) is 43.2 Å². The zero-order chi connectivity index (χ0) is 68.6. The highest BCUT2D eigenvalue weighted by Gasteiger charge is 2.30. The molecule has 3 N–H and O–H groups in total. The summed E-state index contributed by atoms with van der Waals surface area (Å²) in [4.78, 5) is 72.7. The summed E-state index contributed by atoms with van der Waals surface area (Å²) in [5.74, 6) is -0.566. The number of hydrogen-bond acceptors (Lipinski definition) is 15.